The lowest BCUT2D eigenvalue weighted by Crippen LogP contribution is -2.71. The molecule has 0 bridgehead atoms. The second-order valence-electron chi connectivity index (χ2n) is 23.1. The molecule has 3 heterocycles. The van der Waals surface area contributed by atoms with Crippen molar-refractivity contribution >= 4 is 5.97 Å². The Kier molecular flexibility index (Phi) is 14.6. The fraction of sp³-hybridized carbons (Fsp3) is 0.938. The molecule has 8 rings (SSSR count). The first-order valence-corrected chi connectivity index (χ1v) is 24.6. The molecule has 3 saturated heterocycles. The largest absolute Gasteiger partial charge is 0.432 e. The molecule has 13 N–H and O–H groups in total. The minimum Gasteiger partial charge on any atom is -0.432 e. The monoisotopic (exact) mass is 975 g/mol. The highest BCUT2D eigenvalue weighted by molar-refractivity contribution is 5.79. The summed E-state index contributed by atoms with van der Waals surface area (Å²) in [6.45, 7) is 12.1. The summed E-state index contributed by atoms with van der Waals surface area (Å²) in [6.07, 6.45) is -22.3. The number of fused-ring (bicyclic) bond motifs is 7. The van der Waals surface area contributed by atoms with Gasteiger partial charge in [0.05, 0.1) is 49.7 Å². The van der Waals surface area contributed by atoms with Crippen molar-refractivity contribution in [3.05, 3.63) is 11.6 Å². The summed E-state index contributed by atoms with van der Waals surface area (Å²) in [5.41, 5.74) is -2.84. The van der Waals surface area contributed by atoms with E-state index in [9.17, 15) is 66.4 Å². The average Bonchev–Trinajstić information content (AvgIpc) is 3.29. The minimum absolute atomic E-state index is 0.0115. The van der Waals surface area contributed by atoms with Crippen LogP contribution in [0.2, 0.25) is 0 Å². The number of allylic oxidation sites excluding steroid dienone is 2. The zero-order chi connectivity index (χ0) is 50.0. The van der Waals surface area contributed by atoms with Crippen LogP contribution in [0.4, 0.5) is 0 Å². The van der Waals surface area contributed by atoms with Gasteiger partial charge in [0.25, 0.3) is 0 Å². The fourth-order valence-corrected chi connectivity index (χ4v) is 15.4. The minimum atomic E-state index is -1.89. The van der Waals surface area contributed by atoms with Crippen molar-refractivity contribution in [2.75, 3.05) is 19.8 Å². The van der Waals surface area contributed by atoms with Gasteiger partial charge < -0.3 is 94.8 Å². The van der Waals surface area contributed by atoms with Crippen LogP contribution in [-0.4, -0.2) is 203 Å². The highest BCUT2D eigenvalue weighted by Crippen LogP contribution is 2.76. The normalized spacial score (nSPS) is 57.1. The molecule has 28 atom stereocenters. The number of rotatable bonds is 9. The topological polar surface area (TPSA) is 335 Å². The first kappa shape index (κ1) is 52.8. The molecule has 4 saturated carbocycles. The third-order valence-corrected chi connectivity index (χ3v) is 19.6. The van der Waals surface area contributed by atoms with Gasteiger partial charge in [0, 0.05) is 11.3 Å². The number of hydrogen-bond acceptors (Lipinski definition) is 20. The van der Waals surface area contributed by atoms with Crippen molar-refractivity contribution in [3.63, 3.8) is 0 Å². The molecule has 3 aliphatic heterocycles. The first-order chi connectivity index (χ1) is 31.8. The Morgan fingerprint density at radius 3 is 2.00 bits per heavy atom. The standard InChI is InChI=1S/C48H78O20/c1-19-10-11-48(13-12-46(6)22(28(48)20(19)2)8-9-27-44(4)14-24(52)39(61)45(5,18-50)38(44)23(51)15-47(27,46)7)43(62)68-42-35(59)32(56)30(54)26(66-42)17-63-40-36(60)33(57)37(25(16-49)65-40)67-41-34(58)31(55)29(53)21(3)64-41/h8,19-21,23-42,49-61H,9-18H2,1-7H3/t19-,20+,21+,23-,24-,25-,26-,27-,28+,29+,30-,31-,32+,33-,34-,35-,36-,37-,38-,39+,40-,41+,42+,44-,45+,46-,47-,48+/m0/s1. The number of carbonyl (C=O) groups excluding carboxylic acids is 1. The average molecular weight is 975 g/mol. The molecule has 0 radical (unpaired) electrons. The Labute approximate surface area is 396 Å². The van der Waals surface area contributed by atoms with Crippen LogP contribution < -0.4 is 0 Å². The molecule has 0 spiro atoms. The van der Waals surface area contributed by atoms with Crippen LogP contribution in [0.15, 0.2) is 11.6 Å². The number of esters is 1. The van der Waals surface area contributed by atoms with Gasteiger partial charge in [0.15, 0.2) is 12.6 Å². The maximum atomic E-state index is 15.0. The molecule has 390 valence electrons. The number of hydrogen-bond donors (Lipinski definition) is 13. The van der Waals surface area contributed by atoms with Crippen molar-refractivity contribution in [3.8, 4) is 0 Å². The summed E-state index contributed by atoms with van der Waals surface area (Å²) in [4.78, 5) is 15.0. The quantitative estimate of drug-likeness (QED) is 0.0873. The predicted molar refractivity (Wildman–Crippen MR) is 233 cm³/mol. The zero-order valence-electron chi connectivity index (χ0n) is 40.1. The second kappa shape index (κ2) is 18.8. The third kappa shape index (κ3) is 7.89. The van der Waals surface area contributed by atoms with Gasteiger partial charge in [-0.2, -0.15) is 0 Å². The Bertz CT molecular complexity index is 1860. The Balaban J connectivity index is 0.994. The summed E-state index contributed by atoms with van der Waals surface area (Å²) >= 11 is 0. The third-order valence-electron chi connectivity index (χ3n) is 19.6. The zero-order valence-corrected chi connectivity index (χ0v) is 40.1. The summed E-state index contributed by atoms with van der Waals surface area (Å²) < 4.78 is 34.6. The summed E-state index contributed by atoms with van der Waals surface area (Å²) in [5.74, 6) is -1.31. The van der Waals surface area contributed by atoms with Crippen molar-refractivity contribution < 1.29 is 99.6 Å². The van der Waals surface area contributed by atoms with Crippen LogP contribution >= 0.6 is 0 Å². The van der Waals surface area contributed by atoms with Crippen LogP contribution in [0.1, 0.15) is 93.4 Å². The van der Waals surface area contributed by atoms with Crippen LogP contribution in [0.5, 0.6) is 0 Å². The molecule has 20 heteroatoms. The fourth-order valence-electron chi connectivity index (χ4n) is 15.4. The smallest absolute Gasteiger partial charge is 0.315 e. The summed E-state index contributed by atoms with van der Waals surface area (Å²) in [7, 11) is 0. The van der Waals surface area contributed by atoms with Crippen LogP contribution in [0.25, 0.3) is 0 Å². The Morgan fingerprint density at radius 2 is 1.34 bits per heavy atom. The first-order valence-electron chi connectivity index (χ1n) is 24.6. The van der Waals surface area contributed by atoms with Gasteiger partial charge in [-0.15, -0.1) is 0 Å². The van der Waals surface area contributed by atoms with E-state index in [1.54, 1.807) is 6.92 Å². The van der Waals surface area contributed by atoms with Gasteiger partial charge in [0.1, 0.15) is 67.1 Å². The van der Waals surface area contributed by atoms with E-state index in [4.69, 9.17) is 28.4 Å². The maximum absolute atomic E-state index is 15.0. The Morgan fingerprint density at radius 1 is 0.706 bits per heavy atom. The molecule has 7 fully saturated rings. The molecule has 8 aliphatic rings. The van der Waals surface area contributed by atoms with E-state index in [1.165, 1.54) is 6.92 Å². The van der Waals surface area contributed by atoms with Gasteiger partial charge >= 0.3 is 5.97 Å². The van der Waals surface area contributed by atoms with Crippen LogP contribution in [-0.2, 0) is 33.2 Å². The van der Waals surface area contributed by atoms with Crippen LogP contribution in [0, 0.1) is 56.7 Å². The highest BCUT2D eigenvalue weighted by Gasteiger charge is 2.73. The maximum Gasteiger partial charge on any atom is 0.315 e. The molecule has 0 amide bonds. The summed E-state index contributed by atoms with van der Waals surface area (Å²) in [6, 6.07) is 0. The number of aliphatic hydroxyl groups is 13. The molecule has 0 aromatic rings. The molecular weight excluding hydrogens is 897 g/mol. The van der Waals surface area contributed by atoms with Crippen LogP contribution in [0.3, 0.4) is 0 Å². The van der Waals surface area contributed by atoms with E-state index >= 15 is 4.79 Å². The molecule has 0 aromatic carbocycles. The highest BCUT2D eigenvalue weighted by atomic mass is 16.8. The lowest BCUT2D eigenvalue weighted by molar-refractivity contribution is -0.361. The van der Waals surface area contributed by atoms with Gasteiger partial charge in [-0.1, -0.05) is 53.2 Å². The van der Waals surface area contributed by atoms with E-state index in [1.807, 2.05) is 0 Å². The molecule has 68 heavy (non-hydrogen) atoms. The van der Waals surface area contributed by atoms with Crippen molar-refractivity contribution in [1.82, 2.24) is 0 Å². The molecule has 0 unspecified atom stereocenters. The van der Waals surface area contributed by atoms with E-state index in [-0.39, 0.29) is 30.1 Å². The molecule has 0 aromatic heterocycles. The van der Waals surface area contributed by atoms with E-state index < -0.39 is 169 Å². The lowest BCUT2D eigenvalue weighted by Gasteiger charge is -2.72. The SMILES string of the molecule is C[C@@H]1[C@@H](C)CC[C@@]2(C(=O)O[C@H]3O[C@@H](CO[C@H]4O[C@@H](CO)[C@H](O[C@H]5O[C@H](C)[C@@H](O)[C@H](O)[C@@H]5O)[C@@H](O)[C@@H]4O)[C@H](O)[C@@H](O)[C@@H]3O)CC[C@@]3(C)C(=CC[C@H]4[C@]5(C)C[C@H](O)[C@@H](O)[C@](C)(CO)[C@H]5[C@@H](O)C[C@@]43C)[C@@H]12. The molecule has 5 aliphatic carbocycles. The number of aliphatic hydroxyl groups excluding tert-OH is 13. The van der Waals surface area contributed by atoms with Gasteiger partial charge in [-0.3, -0.25) is 4.79 Å². The second-order valence-corrected chi connectivity index (χ2v) is 23.1. The van der Waals surface area contributed by atoms with Crippen molar-refractivity contribution in [2.24, 2.45) is 56.7 Å². The van der Waals surface area contributed by atoms with Gasteiger partial charge in [-0.05, 0) is 91.8 Å². The summed E-state index contributed by atoms with van der Waals surface area (Å²) in [5, 5.41) is 142. The predicted octanol–water partition coefficient (Wildman–Crippen LogP) is -2.06. The van der Waals surface area contributed by atoms with E-state index in [2.05, 4.69) is 40.7 Å². The van der Waals surface area contributed by atoms with Crippen molar-refractivity contribution in [1.29, 1.82) is 0 Å². The van der Waals surface area contributed by atoms with E-state index in [0.717, 1.165) is 5.57 Å². The lowest BCUT2D eigenvalue weighted by atomic mass is 9.32. The number of carbonyl (C=O) groups is 1. The van der Waals surface area contributed by atoms with Crippen molar-refractivity contribution in [2.45, 2.75) is 204 Å². The molecule has 20 nitrogen and oxygen atoms in total. The van der Waals surface area contributed by atoms with Gasteiger partial charge in [0.2, 0.25) is 6.29 Å². The molecular formula is C48H78O20. The van der Waals surface area contributed by atoms with E-state index in [0.29, 0.717) is 38.5 Å². The number of ether oxygens (including phenoxy) is 6. The Hall–Kier alpha value is -1.51. The van der Waals surface area contributed by atoms with Gasteiger partial charge in [-0.25, -0.2) is 0 Å².